The highest BCUT2D eigenvalue weighted by molar-refractivity contribution is 4.78. The molecule has 80 heavy (non-hydrogen) atoms. The van der Waals surface area contributed by atoms with E-state index in [2.05, 4.69) is 86.8 Å². The van der Waals surface area contributed by atoms with E-state index in [0.29, 0.717) is 5.92 Å². The Morgan fingerprint density at radius 3 is 0.762 bits per heavy atom. The fourth-order valence-electron chi connectivity index (χ4n) is 13.4. The van der Waals surface area contributed by atoms with Gasteiger partial charge in [0.15, 0.2) is 0 Å². The summed E-state index contributed by atoms with van der Waals surface area (Å²) in [6, 6.07) is 0. The van der Waals surface area contributed by atoms with Crippen LogP contribution >= 0.6 is 0 Å². The van der Waals surface area contributed by atoms with Crippen molar-refractivity contribution in [1.82, 2.24) is 24.5 Å². The lowest BCUT2D eigenvalue weighted by Crippen LogP contribution is -2.51. The number of aliphatic hydroxyl groups is 1. The van der Waals surface area contributed by atoms with E-state index in [1.165, 1.54) is 355 Å². The minimum absolute atomic E-state index is 0.200. The summed E-state index contributed by atoms with van der Waals surface area (Å²) in [5, 5.41) is 11.6. The van der Waals surface area contributed by atoms with Crippen molar-refractivity contribution in [2.75, 3.05) is 98.2 Å². The molecule has 6 heteroatoms. The lowest BCUT2D eigenvalue weighted by atomic mass is 9.98. The van der Waals surface area contributed by atoms with E-state index in [9.17, 15) is 5.11 Å². The molecule has 0 radical (unpaired) electrons. The summed E-state index contributed by atoms with van der Waals surface area (Å²) in [6.45, 7) is 39.6. The lowest BCUT2D eigenvalue weighted by Gasteiger charge is -2.38. The van der Waals surface area contributed by atoms with Gasteiger partial charge in [0.1, 0.15) is 0 Å². The van der Waals surface area contributed by atoms with E-state index in [1.54, 1.807) is 0 Å². The molecule has 0 aromatic rings. The average molecular weight is 1130 g/mol. The summed E-state index contributed by atoms with van der Waals surface area (Å²) in [5.74, 6) is 3.03. The zero-order chi connectivity index (χ0) is 58.2. The largest absolute Gasteiger partial charge is 0.392 e. The van der Waals surface area contributed by atoms with Crippen LogP contribution in [0.3, 0.4) is 0 Å². The van der Waals surface area contributed by atoms with Crippen molar-refractivity contribution in [3.8, 4) is 0 Å². The Bertz CT molecular complexity index is 1140. The SMILES string of the molecule is CCCCCCCCCCC(C)CN(CCN1CCN(CCN(CC(C)CCCCCCCCCC)CC(C)CCCCCCCCCC)CC1)CCN(CC(C)CCCCCCCCCC)CC(O)CCCCCCCCCC. The molecule has 1 rings (SSSR count). The molecule has 480 valence electrons. The van der Waals surface area contributed by atoms with Crippen LogP contribution in [0.25, 0.3) is 0 Å². The van der Waals surface area contributed by atoms with Gasteiger partial charge < -0.3 is 14.9 Å². The number of piperazine rings is 1. The van der Waals surface area contributed by atoms with Gasteiger partial charge in [-0.1, -0.05) is 319 Å². The van der Waals surface area contributed by atoms with Crippen LogP contribution in [0.1, 0.15) is 351 Å². The number of hydrogen-bond donors (Lipinski definition) is 1. The van der Waals surface area contributed by atoms with Crippen LogP contribution in [-0.4, -0.2) is 134 Å². The summed E-state index contributed by atoms with van der Waals surface area (Å²) in [5.41, 5.74) is 0. The molecule has 1 saturated heterocycles. The second kappa shape index (κ2) is 59.1. The van der Waals surface area contributed by atoms with E-state index in [1.807, 2.05) is 0 Å². The summed E-state index contributed by atoms with van der Waals surface area (Å²) in [4.78, 5) is 14.2. The second-order valence-corrected chi connectivity index (χ2v) is 27.9. The minimum Gasteiger partial charge on any atom is -0.392 e. The molecule has 1 heterocycles. The smallest absolute Gasteiger partial charge is 0.0667 e. The topological polar surface area (TPSA) is 36.4 Å². The second-order valence-electron chi connectivity index (χ2n) is 27.9. The van der Waals surface area contributed by atoms with Gasteiger partial charge >= 0.3 is 0 Å². The van der Waals surface area contributed by atoms with Gasteiger partial charge in [-0.15, -0.1) is 0 Å². The summed E-state index contributed by atoms with van der Waals surface area (Å²) in [6.07, 6.45) is 62.3. The summed E-state index contributed by atoms with van der Waals surface area (Å²) < 4.78 is 0. The number of hydrogen-bond acceptors (Lipinski definition) is 6. The molecular formula is C74H153N5O. The van der Waals surface area contributed by atoms with E-state index < -0.39 is 0 Å². The monoisotopic (exact) mass is 1130 g/mol. The van der Waals surface area contributed by atoms with Gasteiger partial charge in [-0.2, -0.15) is 0 Å². The third-order valence-corrected chi connectivity index (χ3v) is 19.0. The minimum atomic E-state index is -0.200. The predicted octanol–water partition coefficient (Wildman–Crippen LogP) is 21.1. The molecular weight excluding hydrogens is 975 g/mol. The normalized spacial score (nSPS) is 15.7. The van der Waals surface area contributed by atoms with Crippen LogP contribution in [0.2, 0.25) is 0 Å². The third-order valence-electron chi connectivity index (χ3n) is 19.0. The quantitative estimate of drug-likeness (QED) is 0.0612. The van der Waals surface area contributed by atoms with E-state index in [0.717, 1.165) is 50.4 Å². The molecule has 5 unspecified atom stereocenters. The zero-order valence-corrected chi connectivity index (χ0v) is 57.0. The lowest BCUT2D eigenvalue weighted by molar-refractivity contribution is 0.0780. The summed E-state index contributed by atoms with van der Waals surface area (Å²) in [7, 11) is 0. The highest BCUT2D eigenvalue weighted by Crippen LogP contribution is 2.21. The number of unbranched alkanes of at least 4 members (excludes halogenated alkanes) is 35. The van der Waals surface area contributed by atoms with Gasteiger partial charge in [0.2, 0.25) is 0 Å². The highest BCUT2D eigenvalue weighted by Gasteiger charge is 2.22. The van der Waals surface area contributed by atoms with Gasteiger partial charge in [-0.05, 0) is 55.8 Å². The van der Waals surface area contributed by atoms with Crippen LogP contribution in [0, 0.1) is 23.7 Å². The van der Waals surface area contributed by atoms with Crippen molar-refractivity contribution in [2.24, 2.45) is 23.7 Å². The zero-order valence-electron chi connectivity index (χ0n) is 57.0. The first-order valence-corrected chi connectivity index (χ1v) is 37.4. The molecule has 1 aliphatic heterocycles. The van der Waals surface area contributed by atoms with Gasteiger partial charge in [-0.3, -0.25) is 14.7 Å². The fraction of sp³-hybridized carbons (Fsp3) is 1.00. The molecule has 5 atom stereocenters. The summed E-state index contributed by atoms with van der Waals surface area (Å²) >= 11 is 0. The maximum Gasteiger partial charge on any atom is 0.0667 e. The van der Waals surface area contributed by atoms with Crippen LogP contribution in [0.15, 0.2) is 0 Å². The van der Waals surface area contributed by atoms with Crippen molar-refractivity contribution in [3.63, 3.8) is 0 Å². The molecule has 0 aliphatic carbocycles. The first-order valence-electron chi connectivity index (χ1n) is 37.4. The molecule has 0 aromatic carbocycles. The fourth-order valence-corrected chi connectivity index (χ4v) is 13.4. The molecule has 0 aromatic heterocycles. The predicted molar refractivity (Wildman–Crippen MR) is 361 cm³/mol. The van der Waals surface area contributed by atoms with E-state index >= 15 is 0 Å². The molecule has 1 aliphatic rings. The molecule has 0 amide bonds. The van der Waals surface area contributed by atoms with Crippen LogP contribution in [-0.2, 0) is 0 Å². The van der Waals surface area contributed by atoms with Crippen molar-refractivity contribution in [1.29, 1.82) is 0 Å². The first-order chi connectivity index (χ1) is 39.1. The van der Waals surface area contributed by atoms with E-state index in [4.69, 9.17) is 0 Å². The van der Waals surface area contributed by atoms with Gasteiger partial charge in [0.05, 0.1) is 6.10 Å². The maximum absolute atomic E-state index is 11.6. The number of aliphatic hydroxyl groups excluding tert-OH is 1. The molecule has 6 nitrogen and oxygen atoms in total. The standard InChI is InChI=1S/C74H153N5O/c1-10-15-20-25-30-35-40-45-50-70(6)65-77(62-64-79(68-73(9)53-48-43-38-33-28-23-18-13-4)69-74(80)54-49-44-39-34-29-24-19-14-5)61-59-75-55-57-76(58-56-75)60-63-78(66-71(7)51-46-41-36-31-26-21-16-11-2)67-72(8)52-47-42-37-32-27-22-17-12-3/h70-74,80H,10-69H2,1-9H3. The Morgan fingerprint density at radius 2 is 0.475 bits per heavy atom. The van der Waals surface area contributed by atoms with Crippen molar-refractivity contribution in [3.05, 3.63) is 0 Å². The Morgan fingerprint density at radius 1 is 0.263 bits per heavy atom. The molecule has 0 bridgehead atoms. The van der Waals surface area contributed by atoms with Crippen molar-refractivity contribution >= 4 is 0 Å². The number of nitrogens with zero attached hydrogens (tertiary/aromatic N) is 5. The van der Waals surface area contributed by atoms with Crippen LogP contribution < -0.4 is 0 Å². The molecule has 1 N–H and O–H groups in total. The average Bonchev–Trinajstić information content (AvgIpc) is 3.44. The van der Waals surface area contributed by atoms with Gasteiger partial charge in [0, 0.05) is 98.2 Å². The Balaban J connectivity index is 2.94. The third kappa shape index (κ3) is 51.0. The van der Waals surface area contributed by atoms with Crippen molar-refractivity contribution in [2.45, 2.75) is 357 Å². The molecule has 0 saturated carbocycles. The molecule has 1 fully saturated rings. The number of rotatable bonds is 64. The Kier molecular flexibility index (Phi) is 57.5. The van der Waals surface area contributed by atoms with Crippen LogP contribution in [0.4, 0.5) is 0 Å². The Labute approximate surface area is 506 Å². The molecule has 0 spiro atoms. The Hall–Kier alpha value is -0.240. The first kappa shape index (κ1) is 77.8. The van der Waals surface area contributed by atoms with Gasteiger partial charge in [-0.25, -0.2) is 0 Å². The highest BCUT2D eigenvalue weighted by atomic mass is 16.3. The van der Waals surface area contributed by atoms with Gasteiger partial charge in [0.25, 0.3) is 0 Å². The van der Waals surface area contributed by atoms with E-state index in [-0.39, 0.29) is 6.10 Å². The van der Waals surface area contributed by atoms with Crippen molar-refractivity contribution < 1.29 is 5.11 Å². The maximum atomic E-state index is 11.6. The van der Waals surface area contributed by atoms with Crippen LogP contribution in [0.5, 0.6) is 0 Å².